The zero-order chi connectivity index (χ0) is 29.0. The summed E-state index contributed by atoms with van der Waals surface area (Å²) in [6.07, 6.45) is 0.873. The van der Waals surface area contributed by atoms with Crippen molar-refractivity contribution in [2.24, 2.45) is 9.98 Å². The third kappa shape index (κ3) is 3.02. The molecule has 2 heterocycles. The third-order valence-electron chi connectivity index (χ3n) is 7.88. The molecule has 2 N–H and O–H groups in total. The molecule has 2 aliphatic rings. The van der Waals surface area contributed by atoms with Crippen LogP contribution in [0.15, 0.2) is 81.7 Å². The summed E-state index contributed by atoms with van der Waals surface area (Å²) in [6, 6.07) is 13.2. The molecule has 1 unspecified atom stereocenters. The van der Waals surface area contributed by atoms with Crippen LogP contribution in [-0.4, -0.2) is 30.8 Å². The minimum absolute atomic E-state index is 0.0209. The molecule has 6 aromatic rings. The summed E-state index contributed by atoms with van der Waals surface area (Å²) < 4.78 is 0. The normalized spacial score (nSPS) is 16.4. The molecule has 0 amide bonds. The smallest absolute Gasteiger partial charge is 0.343 e. The van der Waals surface area contributed by atoms with Crippen LogP contribution in [0.1, 0.15) is 6.42 Å². The van der Waals surface area contributed by atoms with Crippen LogP contribution in [0.4, 0.5) is 11.4 Å². The molecule has 1 aliphatic heterocycles. The predicted octanol–water partition coefficient (Wildman–Crippen LogP) is 3.84. The molecule has 42 heavy (non-hydrogen) atoms. The number of benzene rings is 5. The van der Waals surface area contributed by atoms with E-state index < -0.39 is 32.2 Å². The summed E-state index contributed by atoms with van der Waals surface area (Å²) in [6.45, 7) is 0. The van der Waals surface area contributed by atoms with Crippen molar-refractivity contribution in [1.82, 2.24) is 9.97 Å². The average molecular weight is 558 g/mol. The van der Waals surface area contributed by atoms with Gasteiger partial charge in [-0.25, -0.2) is 15.0 Å². The largest absolute Gasteiger partial charge is 0.393 e. The molecule has 0 radical (unpaired) electrons. The summed E-state index contributed by atoms with van der Waals surface area (Å²) in [7, 11) is 0. The maximum atomic E-state index is 11.6. The van der Waals surface area contributed by atoms with E-state index in [1.807, 2.05) is 36.4 Å². The van der Waals surface area contributed by atoms with E-state index in [0.29, 0.717) is 38.2 Å². The number of hydrogen-bond donors (Lipinski definition) is 1. The molecule has 14 heteroatoms. The quantitative estimate of drug-likeness (QED) is 0.110. The first-order valence-corrected chi connectivity index (χ1v) is 12.6. The van der Waals surface area contributed by atoms with Crippen LogP contribution in [0.5, 0.6) is 0 Å². The summed E-state index contributed by atoms with van der Waals surface area (Å²) in [5.74, 6) is 0. The molecule has 0 spiro atoms. The van der Waals surface area contributed by atoms with Gasteiger partial charge in [-0.1, -0.05) is 36.4 Å². The Morgan fingerprint density at radius 2 is 1.36 bits per heavy atom. The Balaban J connectivity index is 1.54. The third-order valence-corrected chi connectivity index (χ3v) is 7.88. The molecule has 202 valence electrons. The first-order valence-electron chi connectivity index (χ1n) is 12.6. The van der Waals surface area contributed by atoms with Gasteiger partial charge in [0.15, 0.2) is 0 Å². The van der Waals surface area contributed by atoms with Crippen molar-refractivity contribution in [2.45, 2.75) is 12.5 Å². The van der Waals surface area contributed by atoms with Crippen molar-refractivity contribution in [3.63, 3.8) is 0 Å². The van der Waals surface area contributed by atoms with Gasteiger partial charge in [0.05, 0.1) is 59.7 Å². The first kappa shape index (κ1) is 23.7. The molecule has 0 bridgehead atoms. The number of nitro groups is 3. The van der Waals surface area contributed by atoms with Crippen molar-refractivity contribution < 1.29 is 14.8 Å². The second-order valence-electron chi connectivity index (χ2n) is 10.1. The van der Waals surface area contributed by atoms with E-state index in [1.54, 1.807) is 0 Å². The zero-order valence-corrected chi connectivity index (χ0v) is 21.1. The molecule has 0 fully saturated rings. The van der Waals surface area contributed by atoms with Gasteiger partial charge in [-0.3, -0.25) is 35.3 Å². The molecule has 1 atom stereocenters. The number of rotatable bonds is 3. The number of aromatic nitrogens is 2. The minimum Gasteiger partial charge on any atom is -0.393 e. The lowest BCUT2D eigenvalue weighted by atomic mass is 9.90. The molecule has 8 rings (SSSR count). The molecule has 1 aliphatic carbocycles. The summed E-state index contributed by atoms with van der Waals surface area (Å²) in [4.78, 5) is 52.0. The Morgan fingerprint density at radius 3 is 1.95 bits per heavy atom. The molecule has 0 saturated carbocycles. The second kappa shape index (κ2) is 7.94. The van der Waals surface area contributed by atoms with E-state index in [2.05, 4.69) is 0 Å². The second-order valence-corrected chi connectivity index (χ2v) is 10.1. The van der Waals surface area contributed by atoms with E-state index in [0.717, 1.165) is 33.0 Å². The van der Waals surface area contributed by atoms with Gasteiger partial charge in [-0.05, 0) is 6.07 Å². The predicted molar refractivity (Wildman–Crippen MR) is 152 cm³/mol. The number of allylic oxidation sites excluding steroid dienone is 1. The van der Waals surface area contributed by atoms with Gasteiger partial charge in [0, 0.05) is 44.5 Å². The van der Waals surface area contributed by atoms with Crippen molar-refractivity contribution in [3.8, 4) is 0 Å². The summed E-state index contributed by atoms with van der Waals surface area (Å²) in [5.41, 5.74) is 6.64. The van der Waals surface area contributed by atoms with Crippen LogP contribution in [-0.2, 0) is 0 Å². The van der Waals surface area contributed by atoms with Crippen LogP contribution in [0.25, 0.3) is 54.4 Å². The van der Waals surface area contributed by atoms with Gasteiger partial charge in [0.2, 0.25) is 0 Å². The van der Waals surface area contributed by atoms with E-state index in [9.17, 15) is 30.3 Å². The molecular formula is C28H14N8O6. The zero-order valence-electron chi connectivity index (χ0n) is 21.1. The molecular weight excluding hydrogens is 544 g/mol. The molecule has 1 aromatic heterocycles. The van der Waals surface area contributed by atoms with Gasteiger partial charge in [-0.15, -0.1) is 0 Å². The topological polar surface area (TPSA) is 206 Å². The number of anilines is 1. The van der Waals surface area contributed by atoms with Crippen molar-refractivity contribution in [2.75, 3.05) is 5.73 Å². The van der Waals surface area contributed by atoms with Crippen LogP contribution >= 0.6 is 0 Å². The monoisotopic (exact) mass is 558 g/mol. The SMILES string of the molecule is Nc1cc2nc3c4cccc5c6c(c7cccc(c3nc2cc1[N+](=O)[O-])c7c54)=NC1=CC([N+](=O)[O-])=C([N+](=O)[O-])CC1N=6. The van der Waals surface area contributed by atoms with Crippen molar-refractivity contribution in [3.05, 3.63) is 113 Å². The number of nitrogen functional groups attached to an aromatic ring is 1. The van der Waals surface area contributed by atoms with Gasteiger partial charge < -0.3 is 5.73 Å². The molecule has 5 aromatic carbocycles. The van der Waals surface area contributed by atoms with E-state index in [1.165, 1.54) is 12.1 Å². The van der Waals surface area contributed by atoms with Gasteiger partial charge >= 0.3 is 11.4 Å². The maximum absolute atomic E-state index is 11.6. The van der Waals surface area contributed by atoms with E-state index in [4.69, 9.17) is 25.7 Å². The lowest BCUT2D eigenvalue weighted by Gasteiger charge is -2.21. The molecule has 14 nitrogen and oxygen atoms in total. The maximum Gasteiger partial charge on any atom is 0.343 e. The van der Waals surface area contributed by atoms with Crippen LogP contribution in [0, 0.1) is 30.3 Å². The highest BCUT2D eigenvalue weighted by atomic mass is 16.6. The van der Waals surface area contributed by atoms with Gasteiger partial charge in [0.25, 0.3) is 5.69 Å². The number of nitrogens with zero attached hydrogens (tertiary/aromatic N) is 7. The minimum atomic E-state index is -0.772. The highest BCUT2D eigenvalue weighted by Gasteiger charge is 2.38. The summed E-state index contributed by atoms with van der Waals surface area (Å²) >= 11 is 0. The highest BCUT2D eigenvalue weighted by Crippen LogP contribution is 2.39. The fourth-order valence-electron chi connectivity index (χ4n) is 6.11. The van der Waals surface area contributed by atoms with Crippen molar-refractivity contribution >= 4 is 65.8 Å². The standard InChI is InChI=1S/C28H14N8O6/c29-15-7-16-17(8-20(15)34(37)38)31-26-12-4-2-6-14-24(12)23-11(25(26)30-16)3-1-5-13(23)27-28(14)33-19-10-22(36(41)42)21(35(39)40)9-18(19)32-27/h1-8,10,18H,9,29H2. The lowest BCUT2D eigenvalue weighted by molar-refractivity contribution is -0.470. The molecule has 0 saturated heterocycles. The Kier molecular flexibility index (Phi) is 4.48. The number of fused-ring (bicyclic) bond motifs is 8. The number of hydrogen-bond acceptors (Lipinski definition) is 11. The van der Waals surface area contributed by atoms with Crippen LogP contribution in [0.2, 0.25) is 0 Å². The Hall–Kier alpha value is -6.18. The fourth-order valence-corrected chi connectivity index (χ4v) is 6.11. The lowest BCUT2D eigenvalue weighted by Crippen LogP contribution is -2.36. The fraction of sp³-hybridized carbons (Fsp3) is 0.0714. The Bertz CT molecular complexity index is 2510. The number of nitrogens with two attached hydrogens (primary N) is 1. The highest BCUT2D eigenvalue weighted by molar-refractivity contribution is 6.32. The summed E-state index contributed by atoms with van der Waals surface area (Å²) in [5, 5.41) is 40.4. The van der Waals surface area contributed by atoms with Crippen LogP contribution in [0.3, 0.4) is 0 Å². The number of nitro benzene ring substituents is 1. The van der Waals surface area contributed by atoms with Gasteiger partial charge in [-0.2, -0.15) is 0 Å². The first-order chi connectivity index (χ1) is 20.2. The Morgan fingerprint density at radius 1 is 0.762 bits per heavy atom. The average Bonchev–Trinajstić information content (AvgIpc) is 2.97. The van der Waals surface area contributed by atoms with Crippen LogP contribution < -0.4 is 16.4 Å². The van der Waals surface area contributed by atoms with Crippen molar-refractivity contribution in [1.29, 1.82) is 0 Å². The van der Waals surface area contributed by atoms with E-state index in [-0.39, 0.29) is 23.5 Å². The van der Waals surface area contributed by atoms with E-state index >= 15 is 0 Å². The Labute approximate surface area is 231 Å². The van der Waals surface area contributed by atoms with Gasteiger partial charge in [0.1, 0.15) is 11.7 Å².